The van der Waals surface area contributed by atoms with Gasteiger partial charge in [-0.1, -0.05) is 35.8 Å². The lowest BCUT2D eigenvalue weighted by atomic mass is 10.1. The van der Waals surface area contributed by atoms with E-state index >= 15 is 0 Å². The molecule has 1 aromatic heterocycles. The number of nitrogens with one attached hydrogen (secondary N) is 1. The molecule has 0 saturated carbocycles. The van der Waals surface area contributed by atoms with Crippen LogP contribution in [0, 0.1) is 5.92 Å². The van der Waals surface area contributed by atoms with Crippen molar-refractivity contribution in [3.8, 4) is 11.5 Å². The third-order valence-electron chi connectivity index (χ3n) is 5.69. The van der Waals surface area contributed by atoms with E-state index in [9.17, 15) is 29.5 Å². The van der Waals surface area contributed by atoms with Gasteiger partial charge in [0.05, 0.1) is 6.61 Å². The Morgan fingerprint density at radius 3 is 2.62 bits per heavy atom. The fraction of sp³-hybridized carbons (Fsp3) is 0.522. The zero-order valence-electron chi connectivity index (χ0n) is 21.8. The number of nitrogens with zero attached hydrogens (tertiary/aromatic N) is 5. The average Bonchev–Trinajstić information content (AvgIpc) is 3.13. The topological polar surface area (TPSA) is 233 Å². The molecular weight excluding hydrogens is 551 g/mol. The number of esters is 1. The number of aromatic nitrogens is 2. The van der Waals surface area contributed by atoms with Crippen LogP contribution in [0.25, 0.3) is 10.4 Å². The maximum absolute atomic E-state index is 12.7. The standard InChI is InChI=1S/C23H29N6O10P/c1-4-36-21(33)14(11-13(2)3)26-40(35)39-16-8-6-5-7-15(16)37-12-23(27-28-24)19(32)18(31)20(38-23)29-10-9-17(30)25-22(29)34/h5-10,13-14,18-20,31-32H,4,11-12H2,1-3H3,(H,25,30,34)/t14-,18+,19-,20+,23+/m0/s1. The lowest BCUT2D eigenvalue weighted by Crippen LogP contribution is -2.46. The molecule has 0 amide bonds. The van der Waals surface area contributed by atoms with E-state index in [2.05, 4.69) is 14.8 Å². The summed E-state index contributed by atoms with van der Waals surface area (Å²) in [5.41, 5.74) is 5.29. The number of benzene rings is 1. The van der Waals surface area contributed by atoms with E-state index in [-0.39, 0.29) is 30.4 Å². The third-order valence-corrected chi connectivity index (χ3v) is 6.51. The molecule has 16 nitrogen and oxygen atoms in total. The van der Waals surface area contributed by atoms with Crippen LogP contribution < -0.4 is 25.4 Å². The minimum Gasteiger partial charge on any atom is -0.575 e. The van der Waals surface area contributed by atoms with Gasteiger partial charge in [-0.05, 0) is 36.9 Å². The molecule has 17 heteroatoms. The van der Waals surface area contributed by atoms with Crippen molar-refractivity contribution in [1.29, 1.82) is 0 Å². The molecule has 1 aromatic carbocycles. The minimum absolute atomic E-state index is 0.0277. The van der Waals surface area contributed by atoms with Gasteiger partial charge in [0.15, 0.2) is 18.0 Å². The van der Waals surface area contributed by atoms with Gasteiger partial charge in [0.2, 0.25) is 11.5 Å². The Balaban J connectivity index is 1.84. The summed E-state index contributed by atoms with van der Waals surface area (Å²) in [6.45, 7) is 4.82. The van der Waals surface area contributed by atoms with Crippen molar-refractivity contribution in [2.75, 3.05) is 13.2 Å². The number of hydrogen-bond acceptors (Lipinski definition) is 12. The molecule has 2 aromatic rings. The summed E-state index contributed by atoms with van der Waals surface area (Å²) in [5, 5.41) is 24.8. The highest BCUT2D eigenvalue weighted by molar-refractivity contribution is 7.34. The second kappa shape index (κ2) is 13.5. The highest BCUT2D eigenvalue weighted by Crippen LogP contribution is 2.40. The van der Waals surface area contributed by atoms with Crippen LogP contribution in [0.2, 0.25) is 0 Å². The van der Waals surface area contributed by atoms with Gasteiger partial charge in [-0.3, -0.25) is 18.9 Å². The minimum atomic E-state index is -2.76. The van der Waals surface area contributed by atoms with Gasteiger partial charge < -0.3 is 29.3 Å². The van der Waals surface area contributed by atoms with Crippen LogP contribution in [0.3, 0.4) is 0 Å². The van der Waals surface area contributed by atoms with E-state index < -0.39 is 62.2 Å². The van der Waals surface area contributed by atoms with Crippen molar-refractivity contribution >= 4 is 14.1 Å². The Morgan fingerprint density at radius 2 is 2.00 bits per heavy atom. The summed E-state index contributed by atoms with van der Waals surface area (Å²) in [6, 6.07) is 5.92. The first-order valence-corrected chi connectivity index (χ1v) is 13.3. The fourth-order valence-corrected chi connectivity index (χ4v) is 4.63. The van der Waals surface area contributed by atoms with Crippen LogP contribution in [-0.2, 0) is 14.3 Å². The molecule has 2 heterocycles. The molecule has 1 fully saturated rings. The largest absolute Gasteiger partial charge is 0.575 e. The van der Waals surface area contributed by atoms with Crippen molar-refractivity contribution in [2.24, 2.45) is 15.8 Å². The predicted octanol–water partition coefficient (Wildman–Crippen LogP) is 1.09. The second-order valence-electron chi connectivity index (χ2n) is 9.07. The number of ether oxygens (including phenoxy) is 3. The number of carbonyl (C=O) groups excluding carboxylic acids is 1. The summed E-state index contributed by atoms with van der Waals surface area (Å²) < 4.78 is 26.5. The molecule has 0 radical (unpaired) electrons. The van der Waals surface area contributed by atoms with Gasteiger partial charge in [-0.15, -0.1) is 0 Å². The van der Waals surface area contributed by atoms with Crippen molar-refractivity contribution in [1.82, 2.24) is 9.55 Å². The molecule has 1 aliphatic rings. The predicted molar refractivity (Wildman–Crippen MR) is 137 cm³/mol. The van der Waals surface area contributed by atoms with Gasteiger partial charge in [0.1, 0.15) is 18.8 Å². The highest BCUT2D eigenvalue weighted by atomic mass is 31.1. The number of aromatic amines is 1. The molecule has 1 aliphatic heterocycles. The summed E-state index contributed by atoms with van der Waals surface area (Å²) in [4.78, 5) is 53.2. The number of H-pyrrole nitrogens is 1. The van der Waals surface area contributed by atoms with Gasteiger partial charge >= 0.3 is 19.8 Å². The van der Waals surface area contributed by atoms with E-state index in [1.165, 1.54) is 12.1 Å². The summed E-state index contributed by atoms with van der Waals surface area (Å²) >= 11 is 0. The molecule has 1 saturated heterocycles. The fourth-order valence-electron chi connectivity index (χ4n) is 3.85. The first kappa shape index (κ1) is 30.8. The SMILES string of the molecule is CCOC(=O)[C@H](CC(C)C)N=[P+]([O-])Oc1ccccc1OC[C@@]1(N=[N+]=[N-])O[C@@H](n2ccc(=O)[nH]c2=O)[C@H](O)[C@@H]1O. The van der Waals surface area contributed by atoms with E-state index in [0.717, 1.165) is 16.8 Å². The van der Waals surface area contributed by atoms with Crippen LogP contribution >= 0.6 is 8.17 Å². The normalized spacial score (nSPS) is 23.4. The maximum atomic E-state index is 12.7. The molecule has 3 N–H and O–H groups in total. The average molecular weight is 580 g/mol. The number of aliphatic hydroxyl groups excluding tert-OH is 2. The number of para-hydroxylation sites is 2. The Bertz CT molecular complexity index is 1390. The third kappa shape index (κ3) is 7.24. The molecule has 0 aliphatic carbocycles. The van der Waals surface area contributed by atoms with Crippen LogP contribution in [0.15, 0.2) is 56.0 Å². The zero-order chi connectivity index (χ0) is 29.4. The lowest BCUT2D eigenvalue weighted by Gasteiger charge is -2.26. The van der Waals surface area contributed by atoms with E-state index in [0.29, 0.717) is 0 Å². The van der Waals surface area contributed by atoms with Crippen LogP contribution in [-0.4, -0.2) is 62.9 Å². The smallest absolute Gasteiger partial charge is 0.395 e. The van der Waals surface area contributed by atoms with E-state index in [1.54, 1.807) is 19.1 Å². The van der Waals surface area contributed by atoms with Crippen LogP contribution in [0.5, 0.6) is 11.5 Å². The number of azide groups is 1. The quantitative estimate of drug-likeness (QED) is 0.106. The number of aliphatic hydroxyl groups is 2. The molecule has 0 spiro atoms. The molecule has 3 rings (SSSR count). The molecule has 40 heavy (non-hydrogen) atoms. The van der Waals surface area contributed by atoms with Crippen molar-refractivity contribution in [3.05, 3.63) is 67.8 Å². The Kier molecular flexibility index (Phi) is 10.4. The summed E-state index contributed by atoms with van der Waals surface area (Å²) in [6.07, 6.45) is -3.85. The number of carbonyl (C=O) groups is 1. The highest BCUT2D eigenvalue weighted by Gasteiger charge is 2.56. The monoisotopic (exact) mass is 580 g/mol. The Morgan fingerprint density at radius 1 is 1.30 bits per heavy atom. The summed E-state index contributed by atoms with van der Waals surface area (Å²) in [7, 11) is -2.76. The first-order valence-electron chi connectivity index (χ1n) is 12.2. The van der Waals surface area contributed by atoms with E-state index in [4.69, 9.17) is 24.3 Å². The van der Waals surface area contributed by atoms with E-state index in [1.807, 2.05) is 18.8 Å². The van der Waals surface area contributed by atoms with Crippen molar-refractivity contribution in [3.63, 3.8) is 0 Å². The molecule has 1 unspecified atom stereocenters. The molecule has 6 atom stereocenters. The Hall–Kier alpha value is -3.78. The van der Waals surface area contributed by atoms with Crippen LogP contribution in [0.1, 0.15) is 33.4 Å². The maximum Gasteiger partial charge on any atom is 0.395 e. The number of rotatable bonds is 12. The van der Waals surface area contributed by atoms with Gasteiger partial charge in [-0.2, -0.15) is 0 Å². The van der Waals surface area contributed by atoms with Gasteiger partial charge in [0, 0.05) is 17.2 Å². The van der Waals surface area contributed by atoms with Crippen molar-refractivity contribution < 1.29 is 38.6 Å². The van der Waals surface area contributed by atoms with Crippen LogP contribution in [0.4, 0.5) is 0 Å². The summed E-state index contributed by atoms with van der Waals surface area (Å²) in [5.74, 6) is -0.666. The Labute approximate surface area is 228 Å². The molecule has 0 bridgehead atoms. The molecular formula is C23H29N6O10P. The lowest BCUT2D eigenvalue weighted by molar-refractivity contribution is -0.170. The van der Waals surface area contributed by atoms with Crippen molar-refractivity contribution in [2.45, 2.75) is 57.4 Å². The number of hydrogen-bond donors (Lipinski definition) is 3. The van der Waals surface area contributed by atoms with Gasteiger partial charge in [-0.25, -0.2) is 9.59 Å². The second-order valence-corrected chi connectivity index (χ2v) is 9.96. The zero-order valence-corrected chi connectivity index (χ0v) is 22.7. The molecule has 216 valence electrons. The first-order chi connectivity index (χ1) is 19.0. The van der Waals surface area contributed by atoms with Gasteiger partial charge in [0.25, 0.3) is 5.56 Å².